The number of aromatic nitrogens is 1. The molecule has 2 atom stereocenters. The van der Waals surface area contributed by atoms with Crippen LogP contribution < -0.4 is 17.0 Å². The number of halogens is 1. The highest BCUT2D eigenvalue weighted by Gasteiger charge is 2.59. The summed E-state index contributed by atoms with van der Waals surface area (Å²) in [6.07, 6.45) is 8.04. The summed E-state index contributed by atoms with van der Waals surface area (Å²) < 4.78 is 8.22. The number of nitrogens with zero attached hydrogens (tertiary/aromatic N) is 1. The molecule has 0 N–H and O–H groups in total. The molecule has 4 bridgehead atoms. The molecule has 0 amide bonds. The summed E-state index contributed by atoms with van der Waals surface area (Å²) >= 11 is 1.78. The van der Waals surface area contributed by atoms with E-state index >= 15 is 0 Å². The molecule has 30 heavy (non-hydrogen) atoms. The lowest BCUT2D eigenvalue weighted by atomic mass is 9.44. The van der Waals surface area contributed by atoms with E-state index in [2.05, 4.69) is 54.3 Å². The minimum absolute atomic E-state index is 0. The minimum Gasteiger partial charge on any atom is -1.00 e. The molecule has 0 aliphatic heterocycles. The number of esters is 1. The van der Waals surface area contributed by atoms with Crippen LogP contribution in [0.1, 0.15) is 61.6 Å². The quantitative estimate of drug-likeness (QED) is 0.503. The lowest BCUT2D eigenvalue weighted by Crippen LogP contribution is -3.00. The van der Waals surface area contributed by atoms with Gasteiger partial charge < -0.3 is 17.1 Å². The third-order valence-electron chi connectivity index (χ3n) is 7.70. The molecular formula is C25H32ClNO2S. The molecule has 2 unspecified atom stereocenters. The maximum absolute atomic E-state index is 13.1. The van der Waals surface area contributed by atoms with E-state index in [9.17, 15) is 4.79 Å². The van der Waals surface area contributed by atoms with Gasteiger partial charge in [-0.2, -0.15) is 4.57 Å². The van der Waals surface area contributed by atoms with Gasteiger partial charge in [0.2, 0.25) is 5.51 Å². The zero-order valence-electron chi connectivity index (χ0n) is 18.0. The van der Waals surface area contributed by atoms with E-state index in [0.29, 0.717) is 12.0 Å². The number of thiazole rings is 1. The molecule has 0 radical (unpaired) electrons. The molecule has 4 aliphatic carbocycles. The average Bonchev–Trinajstić information content (AvgIpc) is 3.00. The number of hydrogen-bond acceptors (Lipinski definition) is 3. The summed E-state index contributed by atoms with van der Waals surface area (Å²) in [4.78, 5) is 14.5. The van der Waals surface area contributed by atoms with Crippen LogP contribution in [-0.2, 0) is 22.5 Å². The SMILES string of the molecule is Cc1c(CCOC(=O)C23CC4CC(CC(C)(C4)C2)C3)sc[n+]1Cc1ccccc1.[Cl-]. The van der Waals surface area contributed by atoms with E-state index < -0.39 is 0 Å². The number of rotatable bonds is 6. The lowest BCUT2D eigenvalue weighted by Gasteiger charge is -2.59. The van der Waals surface area contributed by atoms with E-state index in [4.69, 9.17) is 4.74 Å². The maximum Gasteiger partial charge on any atom is 0.312 e. The largest absolute Gasteiger partial charge is 1.00 e. The third-order valence-corrected chi connectivity index (χ3v) is 8.85. The van der Waals surface area contributed by atoms with Crippen molar-refractivity contribution in [3.05, 3.63) is 52.0 Å². The number of benzene rings is 1. The van der Waals surface area contributed by atoms with Gasteiger partial charge in [-0.15, -0.1) is 0 Å². The van der Waals surface area contributed by atoms with Crippen LogP contribution in [0.5, 0.6) is 0 Å². The molecule has 5 heteroatoms. The average molecular weight is 446 g/mol. The van der Waals surface area contributed by atoms with Crippen LogP contribution in [0.3, 0.4) is 0 Å². The van der Waals surface area contributed by atoms with Gasteiger partial charge >= 0.3 is 5.97 Å². The summed E-state index contributed by atoms with van der Waals surface area (Å²) in [5.41, 5.74) is 5.01. The molecule has 3 nitrogen and oxygen atoms in total. The molecule has 0 spiro atoms. The van der Waals surface area contributed by atoms with Crippen molar-refractivity contribution in [3.8, 4) is 0 Å². The normalized spacial score (nSPS) is 31.4. The van der Waals surface area contributed by atoms with Gasteiger partial charge in [-0.3, -0.25) is 4.79 Å². The summed E-state index contributed by atoms with van der Waals surface area (Å²) in [6, 6.07) is 10.6. The second-order valence-corrected chi connectivity index (χ2v) is 11.2. The van der Waals surface area contributed by atoms with Gasteiger partial charge in [0.25, 0.3) is 0 Å². The number of ether oxygens (including phenoxy) is 1. The second kappa shape index (κ2) is 8.27. The zero-order chi connectivity index (χ0) is 20.1. The van der Waals surface area contributed by atoms with E-state index in [-0.39, 0.29) is 23.8 Å². The van der Waals surface area contributed by atoms with Gasteiger partial charge in [0.05, 0.1) is 16.9 Å². The summed E-state index contributed by atoms with van der Waals surface area (Å²) in [6.45, 7) is 6.00. The topological polar surface area (TPSA) is 30.2 Å². The van der Waals surface area contributed by atoms with E-state index in [0.717, 1.165) is 44.1 Å². The predicted octanol–water partition coefficient (Wildman–Crippen LogP) is 2.09. The van der Waals surface area contributed by atoms with Crippen molar-refractivity contribution in [2.24, 2.45) is 22.7 Å². The van der Waals surface area contributed by atoms with Crippen LogP contribution in [0.25, 0.3) is 0 Å². The van der Waals surface area contributed by atoms with Crippen molar-refractivity contribution in [1.82, 2.24) is 0 Å². The zero-order valence-corrected chi connectivity index (χ0v) is 19.6. The Hall–Kier alpha value is -1.39. The Morgan fingerprint density at radius 1 is 1.17 bits per heavy atom. The van der Waals surface area contributed by atoms with Crippen LogP contribution in [0, 0.1) is 29.6 Å². The Morgan fingerprint density at radius 3 is 2.53 bits per heavy atom. The van der Waals surface area contributed by atoms with Crippen LogP contribution in [0.15, 0.2) is 35.8 Å². The van der Waals surface area contributed by atoms with Crippen LogP contribution in [-0.4, -0.2) is 12.6 Å². The van der Waals surface area contributed by atoms with Crippen molar-refractivity contribution >= 4 is 17.3 Å². The molecule has 4 aliphatic rings. The summed E-state index contributed by atoms with van der Waals surface area (Å²) in [5.74, 6) is 1.61. The van der Waals surface area contributed by atoms with Gasteiger partial charge in [-0.25, -0.2) is 0 Å². The first-order chi connectivity index (χ1) is 13.9. The van der Waals surface area contributed by atoms with Crippen molar-refractivity contribution in [2.45, 2.75) is 65.3 Å². The van der Waals surface area contributed by atoms with Gasteiger partial charge in [0.1, 0.15) is 0 Å². The monoisotopic (exact) mass is 445 g/mol. The fraction of sp³-hybridized carbons (Fsp3) is 0.600. The van der Waals surface area contributed by atoms with Crippen LogP contribution in [0.2, 0.25) is 0 Å². The summed E-state index contributed by atoms with van der Waals surface area (Å²) in [7, 11) is 0. The molecule has 162 valence electrons. The Labute approximate surface area is 190 Å². The highest BCUT2D eigenvalue weighted by atomic mass is 35.5. The minimum atomic E-state index is -0.170. The fourth-order valence-electron chi connectivity index (χ4n) is 6.98. The number of hydrogen-bond donors (Lipinski definition) is 0. The summed E-state index contributed by atoms with van der Waals surface area (Å²) in [5, 5.41) is 0. The second-order valence-electron chi connectivity index (χ2n) is 10.3. The Bertz CT molecular complexity index is 895. The number of carbonyl (C=O) groups is 1. The highest BCUT2D eigenvalue weighted by Crippen LogP contribution is 2.65. The van der Waals surface area contributed by atoms with Crippen molar-refractivity contribution in [3.63, 3.8) is 0 Å². The molecule has 0 saturated heterocycles. The van der Waals surface area contributed by atoms with Gasteiger partial charge in [-0.1, -0.05) is 48.6 Å². The van der Waals surface area contributed by atoms with Crippen molar-refractivity contribution in [2.75, 3.05) is 6.61 Å². The molecule has 1 aromatic carbocycles. The van der Waals surface area contributed by atoms with E-state index in [1.54, 1.807) is 11.3 Å². The predicted molar refractivity (Wildman–Crippen MR) is 115 cm³/mol. The molecule has 6 rings (SSSR count). The van der Waals surface area contributed by atoms with Gasteiger partial charge in [0, 0.05) is 18.9 Å². The fourth-order valence-corrected chi connectivity index (χ4v) is 7.95. The Kier molecular flexibility index (Phi) is 6.02. The molecular weight excluding hydrogens is 414 g/mol. The van der Waals surface area contributed by atoms with E-state index in [1.165, 1.54) is 35.4 Å². The molecule has 4 saturated carbocycles. The molecule has 2 aromatic rings. The molecule has 4 fully saturated rings. The first-order valence-electron chi connectivity index (χ1n) is 11.1. The smallest absolute Gasteiger partial charge is 0.312 e. The van der Waals surface area contributed by atoms with Crippen LogP contribution >= 0.6 is 11.3 Å². The Morgan fingerprint density at radius 2 is 1.87 bits per heavy atom. The first kappa shape index (κ1) is 21.8. The molecule has 1 aromatic heterocycles. The molecule has 1 heterocycles. The number of carbonyl (C=O) groups excluding carboxylic acids is 1. The first-order valence-corrected chi connectivity index (χ1v) is 12.0. The van der Waals surface area contributed by atoms with Crippen molar-refractivity contribution < 1.29 is 26.5 Å². The van der Waals surface area contributed by atoms with Gasteiger partial charge in [-0.05, 0) is 55.8 Å². The van der Waals surface area contributed by atoms with E-state index in [1.807, 2.05) is 0 Å². The maximum atomic E-state index is 13.1. The van der Waals surface area contributed by atoms with Crippen molar-refractivity contribution in [1.29, 1.82) is 0 Å². The standard InChI is InChI=1S/C25H32NO2S.ClH/c1-18-22(29-17-26(18)15-19-6-4-3-5-7-19)8-9-28-23(27)25-13-20-10-21(14-25)12-24(2,11-20)16-25;/h3-7,17,20-21H,8-16H2,1-2H3;1H/q+1;/p-1. The highest BCUT2D eigenvalue weighted by molar-refractivity contribution is 7.09. The van der Waals surface area contributed by atoms with Crippen LogP contribution in [0.4, 0.5) is 0 Å². The Balaban J connectivity index is 0.00000218. The lowest BCUT2D eigenvalue weighted by molar-refractivity contribution is -0.689. The third kappa shape index (κ3) is 4.05. The van der Waals surface area contributed by atoms with Gasteiger partial charge in [0.15, 0.2) is 12.2 Å².